The maximum Gasteiger partial charge on any atom is 0.344 e. The molecule has 1 atom stereocenters. The van der Waals surface area contributed by atoms with Gasteiger partial charge in [-0.2, -0.15) is 0 Å². The smallest absolute Gasteiger partial charge is 0.344 e. The summed E-state index contributed by atoms with van der Waals surface area (Å²) in [6.07, 6.45) is 0.680. The quantitative estimate of drug-likeness (QED) is 0.664. The lowest BCUT2D eigenvalue weighted by atomic mass is 10.1. The summed E-state index contributed by atoms with van der Waals surface area (Å²) in [6.45, 7) is 1.98. The monoisotopic (exact) mass is 376 g/mol. The summed E-state index contributed by atoms with van der Waals surface area (Å²) < 4.78 is 16.1. The number of halogens is 1. The molecule has 7 heteroatoms. The molecule has 1 unspecified atom stereocenters. The molecule has 0 spiro atoms. The number of oxazole rings is 1. The zero-order chi connectivity index (χ0) is 17.8. The molecule has 0 radical (unpaired) electrons. The van der Waals surface area contributed by atoms with Gasteiger partial charge in [-0.05, 0) is 24.1 Å². The third-order valence-corrected chi connectivity index (χ3v) is 3.81. The van der Waals surface area contributed by atoms with Crippen molar-refractivity contribution in [1.29, 1.82) is 0 Å². The average Bonchev–Trinajstić information content (AvgIpc) is 2.99. The molecule has 0 amide bonds. The summed E-state index contributed by atoms with van der Waals surface area (Å²) in [4.78, 5) is 16.4. The highest BCUT2D eigenvalue weighted by molar-refractivity contribution is 6.04. The number of nitrogens with two attached hydrogens (primary N) is 1. The van der Waals surface area contributed by atoms with Gasteiger partial charge in [0.2, 0.25) is 0 Å². The van der Waals surface area contributed by atoms with Crippen molar-refractivity contribution in [1.82, 2.24) is 4.98 Å². The molecule has 6 nitrogen and oxygen atoms in total. The summed E-state index contributed by atoms with van der Waals surface area (Å²) in [6, 6.07) is 13.1. The summed E-state index contributed by atoms with van der Waals surface area (Å²) in [7, 11) is 1.32. The molecule has 3 aromatic rings. The van der Waals surface area contributed by atoms with Crippen molar-refractivity contribution in [2.75, 3.05) is 13.7 Å². The highest BCUT2D eigenvalue weighted by Crippen LogP contribution is 2.29. The van der Waals surface area contributed by atoms with Gasteiger partial charge in [0.25, 0.3) is 0 Å². The van der Waals surface area contributed by atoms with E-state index < -0.39 is 5.97 Å². The lowest BCUT2D eigenvalue weighted by Gasteiger charge is -2.15. The minimum absolute atomic E-state index is 0. The van der Waals surface area contributed by atoms with Gasteiger partial charge in [0.05, 0.1) is 7.11 Å². The van der Waals surface area contributed by atoms with Crippen molar-refractivity contribution in [3.05, 3.63) is 59.5 Å². The Kier molecular flexibility index (Phi) is 6.60. The number of rotatable bonds is 6. The lowest BCUT2D eigenvalue weighted by Crippen LogP contribution is -2.30. The number of methoxy groups -OCH3 is 1. The largest absolute Gasteiger partial charge is 0.491 e. The molecule has 26 heavy (non-hydrogen) atoms. The van der Waals surface area contributed by atoms with Crippen molar-refractivity contribution >= 4 is 29.5 Å². The predicted molar refractivity (Wildman–Crippen MR) is 101 cm³/mol. The van der Waals surface area contributed by atoms with Crippen LogP contribution in [-0.4, -0.2) is 30.7 Å². The van der Waals surface area contributed by atoms with Gasteiger partial charge in [0.15, 0.2) is 11.5 Å². The van der Waals surface area contributed by atoms with E-state index in [9.17, 15) is 4.79 Å². The first-order valence-electron chi connectivity index (χ1n) is 7.99. The Balaban J connectivity index is 0.00000243. The van der Waals surface area contributed by atoms with Gasteiger partial charge in [0.1, 0.15) is 23.4 Å². The molecule has 3 rings (SSSR count). The fraction of sp³-hybridized carbons (Fsp3) is 0.263. The van der Waals surface area contributed by atoms with Gasteiger partial charge in [-0.15, -0.1) is 12.4 Å². The maximum atomic E-state index is 12.2. The first kappa shape index (κ1) is 19.8. The van der Waals surface area contributed by atoms with Crippen molar-refractivity contribution in [2.24, 2.45) is 5.73 Å². The molecule has 0 fully saturated rings. The number of benzene rings is 2. The number of carbonyl (C=O) groups is 1. The van der Waals surface area contributed by atoms with Crippen LogP contribution in [0, 0.1) is 6.92 Å². The number of hydrogen-bond acceptors (Lipinski definition) is 6. The fourth-order valence-electron chi connectivity index (χ4n) is 2.68. The van der Waals surface area contributed by atoms with Gasteiger partial charge in [-0.25, -0.2) is 9.78 Å². The van der Waals surface area contributed by atoms with E-state index in [1.54, 1.807) is 19.1 Å². The summed E-state index contributed by atoms with van der Waals surface area (Å²) in [5.41, 5.74) is 8.48. The minimum Gasteiger partial charge on any atom is -0.491 e. The van der Waals surface area contributed by atoms with Crippen LogP contribution in [0.25, 0.3) is 11.1 Å². The molecule has 0 aliphatic rings. The van der Waals surface area contributed by atoms with E-state index >= 15 is 0 Å². The van der Waals surface area contributed by atoms with E-state index in [0.717, 1.165) is 5.56 Å². The molecule has 0 aliphatic heterocycles. The van der Waals surface area contributed by atoms with Crippen molar-refractivity contribution in [3.63, 3.8) is 0 Å². The number of aryl methyl sites for hydroxylation is 1. The highest BCUT2D eigenvalue weighted by Gasteiger charge is 2.21. The van der Waals surface area contributed by atoms with Crippen LogP contribution >= 0.6 is 12.4 Å². The Labute approximate surface area is 157 Å². The minimum atomic E-state index is -0.523. The molecule has 0 saturated carbocycles. The first-order valence-corrected chi connectivity index (χ1v) is 7.99. The number of nitrogens with zero attached hydrogens (tertiary/aromatic N) is 1. The van der Waals surface area contributed by atoms with Gasteiger partial charge in [-0.3, -0.25) is 0 Å². The lowest BCUT2D eigenvalue weighted by molar-refractivity contribution is 0.0598. The molecule has 0 saturated heterocycles. The summed E-state index contributed by atoms with van der Waals surface area (Å²) >= 11 is 0. The molecule has 0 aliphatic carbocycles. The normalized spacial score (nSPS) is 11.7. The van der Waals surface area contributed by atoms with Gasteiger partial charge in [0, 0.05) is 13.0 Å². The Bertz CT molecular complexity index is 880. The molecule has 2 aromatic carbocycles. The average molecular weight is 377 g/mol. The molecular weight excluding hydrogens is 356 g/mol. The van der Waals surface area contributed by atoms with Crippen LogP contribution in [0.2, 0.25) is 0 Å². The number of carbonyl (C=O) groups excluding carboxylic acids is 1. The topological polar surface area (TPSA) is 87.6 Å². The molecular formula is C19H21ClN2O4. The van der Waals surface area contributed by atoms with E-state index in [-0.39, 0.29) is 30.6 Å². The van der Waals surface area contributed by atoms with E-state index in [0.29, 0.717) is 29.2 Å². The fourth-order valence-corrected chi connectivity index (χ4v) is 2.68. The Morgan fingerprint density at radius 2 is 1.96 bits per heavy atom. The zero-order valence-corrected chi connectivity index (χ0v) is 15.4. The van der Waals surface area contributed by atoms with Crippen molar-refractivity contribution in [3.8, 4) is 5.75 Å². The second-order valence-electron chi connectivity index (χ2n) is 5.77. The zero-order valence-electron chi connectivity index (χ0n) is 14.6. The third-order valence-electron chi connectivity index (χ3n) is 3.81. The molecule has 2 N–H and O–H groups in total. The van der Waals surface area contributed by atoms with E-state index in [1.165, 1.54) is 7.11 Å². The predicted octanol–water partition coefficient (Wildman–Crippen LogP) is 3.29. The van der Waals surface area contributed by atoms with Gasteiger partial charge < -0.3 is 19.6 Å². The molecule has 0 bridgehead atoms. The van der Waals surface area contributed by atoms with E-state index in [1.807, 2.05) is 30.3 Å². The Morgan fingerprint density at radius 1 is 1.23 bits per heavy atom. The second-order valence-corrected chi connectivity index (χ2v) is 5.77. The molecule has 138 valence electrons. The van der Waals surface area contributed by atoms with E-state index in [2.05, 4.69) is 4.98 Å². The number of hydrogen-bond donors (Lipinski definition) is 1. The van der Waals surface area contributed by atoms with Crippen LogP contribution < -0.4 is 10.5 Å². The highest BCUT2D eigenvalue weighted by atomic mass is 35.5. The van der Waals surface area contributed by atoms with Crippen molar-refractivity contribution < 1.29 is 18.7 Å². The van der Waals surface area contributed by atoms with Crippen molar-refractivity contribution in [2.45, 2.75) is 19.4 Å². The van der Waals surface area contributed by atoms with Gasteiger partial charge in [-0.1, -0.05) is 30.3 Å². The van der Waals surface area contributed by atoms with Crippen LogP contribution in [0.4, 0.5) is 0 Å². The first-order chi connectivity index (χ1) is 12.1. The Morgan fingerprint density at radius 3 is 2.65 bits per heavy atom. The van der Waals surface area contributed by atoms with Crippen LogP contribution in [0.1, 0.15) is 21.8 Å². The molecule has 1 aromatic heterocycles. The van der Waals surface area contributed by atoms with Gasteiger partial charge >= 0.3 is 5.97 Å². The number of esters is 1. The third kappa shape index (κ3) is 4.33. The number of fused-ring (bicyclic) bond motifs is 1. The second kappa shape index (κ2) is 8.69. The SMILES string of the molecule is COC(=O)c1c(OCC(N)Cc2ccccc2)ccc2oc(C)nc12.Cl. The standard InChI is InChI=1S/C19H20N2O4.ClH/c1-12-21-18-16(25-12)9-8-15(17(18)19(22)23-2)24-11-14(20)10-13-6-4-3-5-7-13;/h3-9,14H,10-11,20H2,1-2H3;1H. The van der Waals surface area contributed by atoms with Crippen LogP contribution in [-0.2, 0) is 11.2 Å². The number of ether oxygens (including phenoxy) is 2. The number of aromatic nitrogens is 1. The maximum absolute atomic E-state index is 12.2. The molecule has 1 heterocycles. The summed E-state index contributed by atoms with van der Waals surface area (Å²) in [5, 5.41) is 0. The van der Waals surface area contributed by atoms with E-state index in [4.69, 9.17) is 19.6 Å². The Hall–Kier alpha value is -2.57. The van der Waals surface area contributed by atoms with Crippen LogP contribution in [0.15, 0.2) is 46.9 Å². The summed E-state index contributed by atoms with van der Waals surface area (Å²) in [5.74, 6) is 0.333. The van der Waals surface area contributed by atoms with Crippen LogP contribution in [0.3, 0.4) is 0 Å². The van der Waals surface area contributed by atoms with Crippen LogP contribution in [0.5, 0.6) is 5.75 Å².